The summed E-state index contributed by atoms with van der Waals surface area (Å²) < 4.78 is 5.68. The Morgan fingerprint density at radius 3 is 2.45 bits per heavy atom. The Morgan fingerprint density at radius 1 is 1.07 bits per heavy atom. The van der Waals surface area contributed by atoms with Crippen LogP contribution in [0.1, 0.15) is 15.9 Å². The number of thioether (sulfide) groups is 1. The van der Waals surface area contributed by atoms with E-state index in [-0.39, 0.29) is 11.8 Å². The Hall–Kier alpha value is -2.68. The van der Waals surface area contributed by atoms with Gasteiger partial charge in [0.1, 0.15) is 0 Å². The molecule has 2 heterocycles. The molecule has 0 bridgehead atoms. The van der Waals surface area contributed by atoms with Crippen molar-refractivity contribution in [2.24, 2.45) is 0 Å². The zero-order valence-electron chi connectivity index (χ0n) is 15.5. The highest BCUT2D eigenvalue weighted by molar-refractivity contribution is 8.26. The number of thiocarbonyl (C=S) groups is 1. The maximum absolute atomic E-state index is 12.7. The number of anilines is 1. The van der Waals surface area contributed by atoms with Crippen LogP contribution in [0.15, 0.2) is 59.5 Å². The van der Waals surface area contributed by atoms with Crippen molar-refractivity contribution >= 4 is 51.9 Å². The summed E-state index contributed by atoms with van der Waals surface area (Å²) in [6, 6.07) is 16.7. The molecule has 0 saturated carbocycles. The van der Waals surface area contributed by atoms with E-state index in [9.17, 15) is 9.59 Å². The number of amides is 2. The largest absolute Gasteiger partial charge is 0.378 e. The van der Waals surface area contributed by atoms with Crippen molar-refractivity contribution in [1.82, 2.24) is 10.4 Å². The second kappa shape index (κ2) is 8.77. The van der Waals surface area contributed by atoms with Gasteiger partial charge in [-0.15, -0.1) is 0 Å². The average molecular weight is 426 g/mol. The molecule has 2 fully saturated rings. The van der Waals surface area contributed by atoms with E-state index in [1.807, 2.05) is 30.3 Å². The van der Waals surface area contributed by atoms with Crippen molar-refractivity contribution in [2.75, 3.05) is 31.2 Å². The van der Waals surface area contributed by atoms with Gasteiger partial charge in [0.15, 0.2) is 4.32 Å². The lowest BCUT2D eigenvalue weighted by molar-refractivity contribution is -0.123. The highest BCUT2D eigenvalue weighted by Gasteiger charge is 2.33. The number of ether oxygens (including phenoxy) is 1. The number of carbonyl (C=O) groups is 2. The molecule has 0 spiro atoms. The van der Waals surface area contributed by atoms with E-state index < -0.39 is 0 Å². The summed E-state index contributed by atoms with van der Waals surface area (Å²) >= 11 is 6.45. The minimum atomic E-state index is -0.377. The standard InChI is InChI=1S/C21H19N3O3S2/c25-19(16-4-2-1-3-5-16)22-24-20(26)18(29-21(24)28)14-15-6-8-17(9-7-15)23-10-12-27-13-11-23/h1-9,14H,10-13H2,(H,22,25)/b18-14+. The van der Waals surface area contributed by atoms with Crippen molar-refractivity contribution in [3.05, 3.63) is 70.6 Å². The summed E-state index contributed by atoms with van der Waals surface area (Å²) in [4.78, 5) is 27.8. The third kappa shape index (κ3) is 4.50. The molecule has 2 aliphatic rings. The lowest BCUT2D eigenvalue weighted by atomic mass is 10.1. The summed E-state index contributed by atoms with van der Waals surface area (Å²) in [6.45, 7) is 3.22. The van der Waals surface area contributed by atoms with Crippen LogP contribution in [0.4, 0.5) is 5.69 Å². The topological polar surface area (TPSA) is 61.9 Å². The van der Waals surface area contributed by atoms with Gasteiger partial charge < -0.3 is 9.64 Å². The van der Waals surface area contributed by atoms with Crippen LogP contribution in [0.5, 0.6) is 0 Å². The normalized spacial score (nSPS) is 18.4. The molecule has 0 unspecified atom stereocenters. The first-order valence-corrected chi connectivity index (χ1v) is 10.4. The lowest BCUT2D eigenvalue weighted by Gasteiger charge is -2.28. The first-order chi connectivity index (χ1) is 14.1. The van der Waals surface area contributed by atoms with Crippen LogP contribution in [0.2, 0.25) is 0 Å². The second-order valence-corrected chi connectivity index (χ2v) is 8.19. The Morgan fingerprint density at radius 2 is 1.76 bits per heavy atom. The van der Waals surface area contributed by atoms with E-state index in [0.717, 1.165) is 42.6 Å². The van der Waals surface area contributed by atoms with Crippen molar-refractivity contribution < 1.29 is 14.3 Å². The second-order valence-electron chi connectivity index (χ2n) is 6.52. The fourth-order valence-electron chi connectivity index (χ4n) is 3.07. The van der Waals surface area contributed by atoms with Crippen LogP contribution < -0.4 is 10.3 Å². The third-order valence-electron chi connectivity index (χ3n) is 4.61. The summed E-state index contributed by atoms with van der Waals surface area (Å²) in [6.07, 6.45) is 1.79. The maximum Gasteiger partial charge on any atom is 0.285 e. The van der Waals surface area contributed by atoms with Crippen LogP contribution in [0.3, 0.4) is 0 Å². The number of nitrogens with one attached hydrogen (secondary N) is 1. The predicted molar refractivity (Wildman–Crippen MR) is 118 cm³/mol. The van der Waals surface area contributed by atoms with Gasteiger partial charge in [-0.3, -0.25) is 15.0 Å². The first kappa shape index (κ1) is 19.6. The Balaban J connectivity index is 1.45. The molecule has 0 radical (unpaired) electrons. The molecule has 148 valence electrons. The van der Waals surface area contributed by atoms with Crippen LogP contribution in [0.25, 0.3) is 6.08 Å². The molecular weight excluding hydrogens is 406 g/mol. The van der Waals surface area contributed by atoms with Crippen molar-refractivity contribution in [3.63, 3.8) is 0 Å². The van der Waals surface area contributed by atoms with Gasteiger partial charge in [-0.2, -0.15) is 5.01 Å². The molecule has 4 rings (SSSR count). The molecule has 2 aliphatic heterocycles. The van der Waals surface area contributed by atoms with E-state index in [1.54, 1.807) is 30.3 Å². The third-order valence-corrected chi connectivity index (χ3v) is 5.91. The van der Waals surface area contributed by atoms with Gasteiger partial charge in [-0.05, 0) is 48.1 Å². The number of hydrogen-bond donors (Lipinski definition) is 1. The van der Waals surface area contributed by atoms with Crippen molar-refractivity contribution in [3.8, 4) is 0 Å². The molecule has 6 nitrogen and oxygen atoms in total. The predicted octanol–water partition coefficient (Wildman–Crippen LogP) is 3.07. The number of carbonyl (C=O) groups excluding carboxylic acids is 2. The van der Waals surface area contributed by atoms with E-state index in [2.05, 4.69) is 10.3 Å². The minimum Gasteiger partial charge on any atom is -0.378 e. The fraction of sp³-hybridized carbons (Fsp3) is 0.190. The Bertz CT molecular complexity index is 955. The molecule has 0 aromatic heterocycles. The van der Waals surface area contributed by atoms with Gasteiger partial charge in [-0.1, -0.05) is 42.1 Å². The quantitative estimate of drug-likeness (QED) is 0.600. The molecule has 0 aliphatic carbocycles. The summed E-state index contributed by atoms with van der Waals surface area (Å²) in [5.74, 6) is -0.709. The molecule has 2 aromatic carbocycles. The monoisotopic (exact) mass is 425 g/mol. The molecule has 29 heavy (non-hydrogen) atoms. The zero-order chi connectivity index (χ0) is 20.2. The number of benzene rings is 2. The van der Waals surface area contributed by atoms with E-state index >= 15 is 0 Å². The van der Waals surface area contributed by atoms with Gasteiger partial charge in [-0.25, -0.2) is 0 Å². The van der Waals surface area contributed by atoms with Crippen LogP contribution in [0, 0.1) is 0 Å². The lowest BCUT2D eigenvalue weighted by Crippen LogP contribution is -2.44. The van der Waals surface area contributed by atoms with Crippen LogP contribution in [-0.4, -0.2) is 47.4 Å². The van der Waals surface area contributed by atoms with E-state index in [4.69, 9.17) is 17.0 Å². The van der Waals surface area contributed by atoms with Crippen molar-refractivity contribution in [1.29, 1.82) is 0 Å². The van der Waals surface area contributed by atoms with Crippen LogP contribution in [-0.2, 0) is 9.53 Å². The van der Waals surface area contributed by atoms with Gasteiger partial charge in [0.25, 0.3) is 11.8 Å². The summed E-state index contributed by atoms with van der Waals surface area (Å²) in [5.41, 5.74) is 5.08. The highest BCUT2D eigenvalue weighted by atomic mass is 32.2. The first-order valence-electron chi connectivity index (χ1n) is 9.18. The minimum absolute atomic E-state index is 0.301. The van der Waals surface area contributed by atoms with E-state index in [1.165, 1.54) is 11.8 Å². The smallest absolute Gasteiger partial charge is 0.285 e. The number of rotatable bonds is 4. The molecule has 2 aromatic rings. The van der Waals surface area contributed by atoms with Gasteiger partial charge >= 0.3 is 0 Å². The molecule has 0 atom stereocenters. The summed E-state index contributed by atoms with van der Waals surface area (Å²) in [7, 11) is 0. The molecule has 2 amide bonds. The molecule has 2 saturated heterocycles. The maximum atomic E-state index is 12.7. The fourth-order valence-corrected chi connectivity index (χ4v) is 4.25. The SMILES string of the molecule is O=C(NN1C(=O)/C(=C\c2ccc(N3CCOCC3)cc2)SC1=S)c1ccccc1. The Kier molecular flexibility index (Phi) is 5.94. The Labute approximate surface area is 178 Å². The van der Waals surface area contributed by atoms with Crippen molar-refractivity contribution in [2.45, 2.75) is 0 Å². The molecule has 8 heteroatoms. The number of morpholine rings is 1. The average Bonchev–Trinajstić information content (AvgIpc) is 3.03. The highest BCUT2D eigenvalue weighted by Crippen LogP contribution is 2.31. The molecular formula is C21H19N3O3S2. The van der Waals surface area contributed by atoms with Gasteiger partial charge in [0.05, 0.1) is 18.1 Å². The zero-order valence-corrected chi connectivity index (χ0v) is 17.2. The van der Waals surface area contributed by atoms with Crippen LogP contribution >= 0.6 is 24.0 Å². The summed E-state index contributed by atoms with van der Waals surface area (Å²) in [5, 5.41) is 1.13. The van der Waals surface area contributed by atoms with Gasteiger partial charge in [0.2, 0.25) is 0 Å². The number of nitrogens with zero attached hydrogens (tertiary/aromatic N) is 2. The number of hydrazine groups is 1. The van der Waals surface area contributed by atoms with E-state index in [0.29, 0.717) is 14.8 Å². The number of hydrogen-bond acceptors (Lipinski definition) is 6. The van der Waals surface area contributed by atoms with Gasteiger partial charge in [0, 0.05) is 24.3 Å². The molecule has 1 N–H and O–H groups in total.